The highest BCUT2D eigenvalue weighted by molar-refractivity contribution is 5.81. The van der Waals surface area contributed by atoms with Gasteiger partial charge in [0.1, 0.15) is 11.5 Å². The van der Waals surface area contributed by atoms with Gasteiger partial charge in [0.15, 0.2) is 6.10 Å². The van der Waals surface area contributed by atoms with Crippen LogP contribution in [-0.4, -0.2) is 19.1 Å². The van der Waals surface area contributed by atoms with Crippen molar-refractivity contribution in [3.05, 3.63) is 59.2 Å². The summed E-state index contributed by atoms with van der Waals surface area (Å²) < 4.78 is 10.9. The van der Waals surface area contributed by atoms with E-state index in [9.17, 15) is 4.79 Å². The maximum atomic E-state index is 12.5. The number of carbonyl (C=O) groups excluding carboxylic acids is 1. The van der Waals surface area contributed by atoms with Gasteiger partial charge in [0.2, 0.25) is 0 Å². The summed E-state index contributed by atoms with van der Waals surface area (Å²) in [4.78, 5) is 12.5. The van der Waals surface area contributed by atoms with Crippen molar-refractivity contribution in [1.29, 1.82) is 0 Å². The van der Waals surface area contributed by atoms with Gasteiger partial charge in [-0.2, -0.15) is 0 Å². The molecule has 2 aromatic carbocycles. The normalized spacial score (nSPS) is 15.5. The third kappa shape index (κ3) is 4.37. The van der Waals surface area contributed by atoms with Gasteiger partial charge in [0.25, 0.3) is 5.91 Å². The average Bonchev–Trinajstić information content (AvgIpc) is 2.67. The van der Waals surface area contributed by atoms with Gasteiger partial charge in [-0.25, -0.2) is 0 Å². The molecular formula is C22H27NO3. The van der Waals surface area contributed by atoms with E-state index in [1.54, 1.807) is 20.1 Å². The molecule has 1 aliphatic rings. The van der Waals surface area contributed by atoms with Crippen LogP contribution in [0.2, 0.25) is 0 Å². The number of hydrogen-bond donors (Lipinski definition) is 1. The molecule has 1 aliphatic carbocycles. The molecule has 4 nitrogen and oxygen atoms in total. The highest BCUT2D eigenvalue weighted by Crippen LogP contribution is 2.25. The van der Waals surface area contributed by atoms with Crippen molar-refractivity contribution in [3.8, 4) is 11.5 Å². The van der Waals surface area contributed by atoms with Gasteiger partial charge in [-0.05, 0) is 68.4 Å². The second-order valence-corrected chi connectivity index (χ2v) is 6.90. The summed E-state index contributed by atoms with van der Waals surface area (Å²) in [6.07, 6.45) is 4.25. The summed E-state index contributed by atoms with van der Waals surface area (Å²) in [7, 11) is 1.61. The van der Waals surface area contributed by atoms with Crippen LogP contribution in [0.5, 0.6) is 11.5 Å². The lowest BCUT2D eigenvalue weighted by Gasteiger charge is -2.22. The first-order valence-corrected chi connectivity index (χ1v) is 9.29. The number of nitrogens with one attached hydrogen (secondary N) is 1. The van der Waals surface area contributed by atoms with Gasteiger partial charge in [0, 0.05) is 6.07 Å². The molecule has 2 atom stereocenters. The van der Waals surface area contributed by atoms with E-state index >= 15 is 0 Å². The largest absolute Gasteiger partial charge is 0.497 e. The van der Waals surface area contributed by atoms with E-state index in [2.05, 4.69) is 23.5 Å². The first-order chi connectivity index (χ1) is 12.6. The summed E-state index contributed by atoms with van der Waals surface area (Å²) in [5, 5.41) is 3.06. The zero-order chi connectivity index (χ0) is 18.5. The number of ether oxygens (including phenoxy) is 2. The Morgan fingerprint density at radius 1 is 1.00 bits per heavy atom. The van der Waals surface area contributed by atoms with Crippen LogP contribution in [0.15, 0.2) is 42.5 Å². The maximum Gasteiger partial charge on any atom is 0.261 e. The van der Waals surface area contributed by atoms with Gasteiger partial charge in [-0.15, -0.1) is 0 Å². The Morgan fingerprint density at radius 2 is 1.73 bits per heavy atom. The average molecular weight is 353 g/mol. The summed E-state index contributed by atoms with van der Waals surface area (Å²) >= 11 is 0. The Kier molecular flexibility index (Phi) is 5.82. The number of hydrogen-bond acceptors (Lipinski definition) is 3. The fourth-order valence-electron chi connectivity index (χ4n) is 3.37. The molecule has 26 heavy (non-hydrogen) atoms. The molecule has 0 heterocycles. The second kappa shape index (κ2) is 8.26. The van der Waals surface area contributed by atoms with Crippen LogP contribution in [0.1, 0.15) is 49.4 Å². The van der Waals surface area contributed by atoms with Crippen LogP contribution in [-0.2, 0) is 17.6 Å². The predicted octanol–water partition coefficient (Wildman–Crippen LogP) is 4.22. The number of benzene rings is 2. The predicted molar refractivity (Wildman–Crippen MR) is 103 cm³/mol. The Balaban J connectivity index is 1.61. The SMILES string of the molecule is COc1cccc(O[C@H](C)C(=O)N[C@@H](C)c2ccc3c(c2)CCCC3)c1. The highest BCUT2D eigenvalue weighted by atomic mass is 16.5. The maximum absolute atomic E-state index is 12.5. The third-order valence-corrected chi connectivity index (χ3v) is 4.95. The van der Waals surface area contributed by atoms with Crippen molar-refractivity contribution in [2.45, 2.75) is 51.7 Å². The number of rotatable bonds is 6. The molecule has 2 aromatic rings. The number of aryl methyl sites for hydroxylation is 2. The zero-order valence-electron chi connectivity index (χ0n) is 15.7. The molecule has 1 N–H and O–H groups in total. The number of carbonyl (C=O) groups is 1. The molecule has 0 bridgehead atoms. The fourth-order valence-corrected chi connectivity index (χ4v) is 3.37. The fraction of sp³-hybridized carbons (Fsp3) is 0.409. The smallest absolute Gasteiger partial charge is 0.261 e. The van der Waals surface area contributed by atoms with Crippen molar-refractivity contribution in [1.82, 2.24) is 5.32 Å². The molecule has 0 aromatic heterocycles. The minimum atomic E-state index is -0.581. The number of fused-ring (bicyclic) bond motifs is 1. The molecule has 0 aliphatic heterocycles. The second-order valence-electron chi connectivity index (χ2n) is 6.90. The minimum absolute atomic E-state index is 0.0499. The summed E-state index contributed by atoms with van der Waals surface area (Å²) in [6, 6.07) is 13.8. The summed E-state index contributed by atoms with van der Waals surface area (Å²) in [6.45, 7) is 3.77. The lowest BCUT2D eigenvalue weighted by Crippen LogP contribution is -2.37. The molecule has 138 valence electrons. The summed E-state index contributed by atoms with van der Waals surface area (Å²) in [5.41, 5.74) is 4.02. The lowest BCUT2D eigenvalue weighted by atomic mass is 9.89. The highest BCUT2D eigenvalue weighted by Gasteiger charge is 2.19. The molecular weight excluding hydrogens is 326 g/mol. The van der Waals surface area contributed by atoms with E-state index in [-0.39, 0.29) is 11.9 Å². The molecule has 0 saturated heterocycles. The van der Waals surface area contributed by atoms with Gasteiger partial charge < -0.3 is 14.8 Å². The quantitative estimate of drug-likeness (QED) is 0.846. The standard InChI is InChI=1S/C22H27NO3/c1-15(18-12-11-17-7-4-5-8-19(17)13-18)23-22(24)16(2)26-21-10-6-9-20(14-21)25-3/h6,9-16H,4-5,7-8H2,1-3H3,(H,23,24)/t15-,16+/m0/s1. The van der Waals surface area contributed by atoms with Crippen molar-refractivity contribution < 1.29 is 14.3 Å². The van der Waals surface area contributed by atoms with Gasteiger partial charge in [0.05, 0.1) is 13.2 Å². The Hall–Kier alpha value is -2.49. The van der Waals surface area contributed by atoms with E-state index in [1.165, 1.54) is 30.4 Å². The van der Waals surface area contributed by atoms with E-state index in [0.29, 0.717) is 11.5 Å². The van der Waals surface area contributed by atoms with E-state index in [4.69, 9.17) is 9.47 Å². The number of amides is 1. The monoisotopic (exact) mass is 353 g/mol. The first kappa shape index (κ1) is 18.3. The van der Waals surface area contributed by atoms with Crippen molar-refractivity contribution in [2.75, 3.05) is 7.11 Å². The Morgan fingerprint density at radius 3 is 2.50 bits per heavy atom. The molecule has 4 heteroatoms. The molecule has 1 amide bonds. The molecule has 0 fully saturated rings. The minimum Gasteiger partial charge on any atom is -0.497 e. The molecule has 0 spiro atoms. The van der Waals surface area contributed by atoms with Crippen molar-refractivity contribution >= 4 is 5.91 Å². The van der Waals surface area contributed by atoms with Gasteiger partial charge in [-0.1, -0.05) is 24.3 Å². The molecule has 0 saturated carbocycles. The van der Waals surface area contributed by atoms with Crippen LogP contribution < -0.4 is 14.8 Å². The van der Waals surface area contributed by atoms with Crippen LogP contribution in [0.3, 0.4) is 0 Å². The van der Waals surface area contributed by atoms with Crippen molar-refractivity contribution in [2.24, 2.45) is 0 Å². The topological polar surface area (TPSA) is 47.6 Å². The van der Waals surface area contributed by atoms with E-state index < -0.39 is 6.10 Å². The van der Waals surface area contributed by atoms with Gasteiger partial charge >= 0.3 is 0 Å². The van der Waals surface area contributed by atoms with E-state index in [1.807, 2.05) is 25.1 Å². The molecule has 3 rings (SSSR count). The van der Waals surface area contributed by atoms with Crippen LogP contribution >= 0.6 is 0 Å². The van der Waals surface area contributed by atoms with Crippen LogP contribution in [0.25, 0.3) is 0 Å². The lowest BCUT2D eigenvalue weighted by molar-refractivity contribution is -0.127. The molecule has 0 unspecified atom stereocenters. The van der Waals surface area contributed by atoms with Gasteiger partial charge in [-0.3, -0.25) is 4.79 Å². The summed E-state index contributed by atoms with van der Waals surface area (Å²) in [5.74, 6) is 1.20. The van der Waals surface area contributed by atoms with Crippen molar-refractivity contribution in [3.63, 3.8) is 0 Å². The molecule has 0 radical (unpaired) electrons. The first-order valence-electron chi connectivity index (χ1n) is 9.29. The zero-order valence-corrected chi connectivity index (χ0v) is 15.7. The Labute approximate surface area is 155 Å². The third-order valence-electron chi connectivity index (χ3n) is 4.95. The Bertz CT molecular complexity index is 772. The van der Waals surface area contributed by atoms with Crippen LogP contribution in [0, 0.1) is 0 Å². The van der Waals surface area contributed by atoms with Crippen LogP contribution in [0.4, 0.5) is 0 Å². The number of methoxy groups -OCH3 is 1. The van der Waals surface area contributed by atoms with E-state index in [0.717, 1.165) is 12.0 Å².